The van der Waals surface area contributed by atoms with E-state index in [1.807, 2.05) is 7.05 Å². The molecule has 1 aliphatic rings. The molecule has 1 aromatic carbocycles. The highest BCUT2D eigenvalue weighted by atomic mass is 32.2. The summed E-state index contributed by atoms with van der Waals surface area (Å²) >= 11 is 0.584. The molecule has 0 unspecified atom stereocenters. The number of H-pyrrole nitrogens is 1. The van der Waals surface area contributed by atoms with Gasteiger partial charge in [0, 0.05) is 24.6 Å². The number of aromatic nitrogens is 1. The van der Waals surface area contributed by atoms with Gasteiger partial charge >= 0.3 is 0 Å². The van der Waals surface area contributed by atoms with Gasteiger partial charge in [0.2, 0.25) is 11.3 Å². The first-order valence-electron chi connectivity index (χ1n) is 13.2. The largest absolute Gasteiger partial charge is 0.503 e. The van der Waals surface area contributed by atoms with Crippen LogP contribution in [0.2, 0.25) is 0 Å². The maximum atomic E-state index is 13.6. The van der Waals surface area contributed by atoms with Gasteiger partial charge in [-0.1, -0.05) is 24.8 Å². The fraction of sp³-hybridized carbons (Fsp3) is 0.429. The van der Waals surface area contributed by atoms with E-state index in [0.29, 0.717) is 23.7 Å². The molecule has 1 heterocycles. The Labute approximate surface area is 247 Å². The topological polar surface area (TPSA) is 189 Å². The molecule has 7 N–H and O–H groups in total. The number of carbonyl (C=O) groups is 2. The number of amides is 1. The quantitative estimate of drug-likeness (QED) is 0.114. The van der Waals surface area contributed by atoms with E-state index in [9.17, 15) is 28.3 Å². The summed E-state index contributed by atoms with van der Waals surface area (Å²) in [6, 6.07) is 2.95. The van der Waals surface area contributed by atoms with Gasteiger partial charge in [-0.05, 0) is 64.9 Å². The Kier molecular flexibility index (Phi) is 12.7. The number of aliphatic imine (C=N–C) groups is 1. The van der Waals surface area contributed by atoms with E-state index < -0.39 is 22.8 Å². The predicted octanol–water partition coefficient (Wildman–Crippen LogP) is 3.40. The van der Waals surface area contributed by atoms with Crippen molar-refractivity contribution in [2.24, 2.45) is 16.6 Å². The zero-order valence-electron chi connectivity index (χ0n) is 24.0. The van der Waals surface area contributed by atoms with Crippen LogP contribution in [-0.4, -0.2) is 69.4 Å². The first-order chi connectivity index (χ1) is 19.8. The van der Waals surface area contributed by atoms with Gasteiger partial charge in [-0.2, -0.15) is 0 Å². The van der Waals surface area contributed by atoms with E-state index in [-0.39, 0.29) is 57.1 Å². The number of aromatic amines is 1. The Bertz CT molecular complexity index is 1400. The summed E-state index contributed by atoms with van der Waals surface area (Å²) in [5.74, 6) is -2.02. The normalized spacial score (nSPS) is 18.6. The number of benzene rings is 1. The molecule has 11 nitrogen and oxygen atoms in total. The Morgan fingerprint density at radius 1 is 1.33 bits per heavy atom. The van der Waals surface area contributed by atoms with Crippen LogP contribution in [0.25, 0.3) is 0 Å². The highest BCUT2D eigenvalue weighted by Crippen LogP contribution is 2.34. The fourth-order valence-electron chi connectivity index (χ4n) is 4.58. The number of pyridine rings is 1. The molecule has 0 spiro atoms. The van der Waals surface area contributed by atoms with Crippen molar-refractivity contribution in [2.45, 2.75) is 51.6 Å². The lowest BCUT2D eigenvalue weighted by atomic mass is 9.80. The first-order valence-corrected chi connectivity index (χ1v) is 14.0. The Balaban J connectivity index is 0.000000307. The molecule has 0 bridgehead atoms. The molecule has 1 saturated carbocycles. The van der Waals surface area contributed by atoms with Crippen molar-refractivity contribution in [3.8, 4) is 5.75 Å². The fourth-order valence-corrected chi connectivity index (χ4v) is 5.31. The molecule has 1 amide bonds. The Hall–Kier alpha value is -3.75. The zero-order valence-corrected chi connectivity index (χ0v) is 24.8. The lowest BCUT2D eigenvalue weighted by Gasteiger charge is -2.45. The number of hydrogen-bond acceptors (Lipinski definition) is 9. The van der Waals surface area contributed by atoms with Crippen LogP contribution < -0.4 is 16.5 Å². The number of halogens is 2. The molecule has 1 aliphatic carbocycles. The molecule has 2 aromatic rings. The number of aromatic hydroxyl groups is 1. The Morgan fingerprint density at radius 3 is 2.50 bits per heavy atom. The molecule has 42 heavy (non-hydrogen) atoms. The van der Waals surface area contributed by atoms with Crippen LogP contribution in [0.15, 0.2) is 34.2 Å². The number of nitrogens with two attached hydrogens (primary N) is 1. The molecule has 228 valence electrons. The highest BCUT2D eigenvalue weighted by molar-refractivity contribution is 8.26. The number of hydrogen-bond donors (Lipinski definition) is 6. The minimum atomic E-state index is -0.922. The third-order valence-electron chi connectivity index (χ3n) is 7.16. The van der Waals surface area contributed by atoms with Crippen LogP contribution in [0.4, 0.5) is 8.78 Å². The second-order valence-corrected chi connectivity index (χ2v) is 10.9. The van der Waals surface area contributed by atoms with Crippen LogP contribution in [0.1, 0.15) is 61.1 Å². The van der Waals surface area contributed by atoms with Crippen molar-refractivity contribution in [1.29, 1.82) is 10.8 Å². The van der Waals surface area contributed by atoms with Crippen molar-refractivity contribution < 1.29 is 23.5 Å². The van der Waals surface area contributed by atoms with Crippen molar-refractivity contribution in [1.82, 2.24) is 15.2 Å². The summed E-state index contributed by atoms with van der Waals surface area (Å²) in [5.41, 5.74) is 4.10. The van der Waals surface area contributed by atoms with Gasteiger partial charge < -0.3 is 21.1 Å². The van der Waals surface area contributed by atoms with E-state index in [4.69, 9.17) is 16.6 Å². The van der Waals surface area contributed by atoms with E-state index in [2.05, 4.69) is 34.2 Å². The van der Waals surface area contributed by atoms with Crippen LogP contribution in [0.3, 0.4) is 0 Å². The number of nitrogens with one attached hydrogen (secondary N) is 4. The van der Waals surface area contributed by atoms with Crippen molar-refractivity contribution in [2.75, 3.05) is 20.6 Å². The number of rotatable bonds is 8. The van der Waals surface area contributed by atoms with E-state index in [1.54, 1.807) is 6.92 Å². The Morgan fingerprint density at radius 2 is 1.98 bits per heavy atom. The summed E-state index contributed by atoms with van der Waals surface area (Å²) in [6.45, 7) is 4.81. The van der Waals surface area contributed by atoms with Gasteiger partial charge in [-0.3, -0.25) is 30.1 Å². The molecule has 1 aromatic heterocycles. The van der Waals surface area contributed by atoms with Gasteiger partial charge in [0.15, 0.2) is 12.0 Å². The van der Waals surface area contributed by atoms with E-state index >= 15 is 0 Å². The summed E-state index contributed by atoms with van der Waals surface area (Å²) in [6.07, 6.45) is 4.85. The summed E-state index contributed by atoms with van der Waals surface area (Å²) < 4.78 is 26.4. The maximum Gasteiger partial charge on any atom is 0.250 e. The molecule has 14 heteroatoms. The number of carbonyl (C=O) groups excluding carboxylic acids is 2. The van der Waals surface area contributed by atoms with E-state index in [1.165, 1.54) is 6.07 Å². The van der Waals surface area contributed by atoms with Crippen LogP contribution in [-0.2, 0) is 11.2 Å². The standard InChI is InChI=1S/C15H11F2N3O3S.C13H26N4O/c16-8-2-1-7(10(17)4-8)3-12(18)24-15(19)9-5-20-11(6-21)14(23)13(9)22;1-5-17(4)13(15-3)8-6-11(7-9-13)12(18)16-10(2)14/h1-2,4-6,18-19,23H,3H2,(H,20,22);11,15H,5-9H2,1-4H3,(H2,14,16,18). The van der Waals surface area contributed by atoms with Crippen LogP contribution in [0, 0.1) is 28.4 Å². The van der Waals surface area contributed by atoms with Crippen molar-refractivity contribution in [3.63, 3.8) is 0 Å². The summed E-state index contributed by atoms with van der Waals surface area (Å²) in [7, 11) is 4.12. The monoisotopic (exact) mass is 605 g/mol. The minimum absolute atomic E-state index is 0.0347. The number of nitrogens with zero attached hydrogens (tertiary/aromatic N) is 2. The number of amidine groups is 1. The predicted molar refractivity (Wildman–Crippen MR) is 161 cm³/mol. The highest BCUT2D eigenvalue weighted by Gasteiger charge is 2.38. The third kappa shape index (κ3) is 8.87. The lowest BCUT2D eigenvalue weighted by molar-refractivity contribution is -0.123. The van der Waals surface area contributed by atoms with Crippen molar-refractivity contribution >= 4 is 39.9 Å². The average Bonchev–Trinajstić information content (AvgIpc) is 2.95. The molecular formula is C28H37F2N7O4S. The molecule has 0 saturated heterocycles. The summed E-state index contributed by atoms with van der Waals surface area (Å²) in [5, 5.41) is 28.1. The molecular weight excluding hydrogens is 568 g/mol. The van der Waals surface area contributed by atoms with Crippen molar-refractivity contribution in [3.05, 3.63) is 63.1 Å². The number of thioether (sulfide) groups is 1. The number of aldehydes is 1. The van der Waals surface area contributed by atoms with Gasteiger partial charge in [-0.25, -0.2) is 13.8 Å². The maximum absolute atomic E-state index is 13.6. The van der Waals surface area contributed by atoms with Gasteiger partial charge in [-0.15, -0.1) is 0 Å². The summed E-state index contributed by atoms with van der Waals surface area (Å²) in [4.78, 5) is 42.9. The third-order valence-corrected chi connectivity index (χ3v) is 7.97. The van der Waals surface area contributed by atoms with Crippen LogP contribution >= 0.6 is 11.8 Å². The van der Waals surface area contributed by atoms with Gasteiger partial charge in [0.1, 0.15) is 22.4 Å². The lowest BCUT2D eigenvalue weighted by Crippen LogP contribution is -2.58. The molecule has 0 aliphatic heterocycles. The molecule has 0 atom stereocenters. The SMILES string of the molecule is CCN(C)C1(NC)CCC(C(=O)N=C(C)N)CC1.N=C(Cc1ccc(F)cc1F)SC(=N)c1c[nH]c(C=O)c(O)c1=O. The van der Waals surface area contributed by atoms with Gasteiger partial charge in [0.05, 0.1) is 22.1 Å². The average molecular weight is 606 g/mol. The first kappa shape index (κ1) is 34.5. The zero-order chi connectivity index (χ0) is 31.6. The second kappa shape index (κ2) is 15.5. The minimum Gasteiger partial charge on any atom is -0.503 e. The molecule has 3 rings (SSSR count). The van der Waals surface area contributed by atoms with E-state index in [0.717, 1.165) is 44.5 Å². The second-order valence-electron chi connectivity index (χ2n) is 9.84. The molecule has 0 radical (unpaired) electrons. The molecule has 1 fully saturated rings. The van der Waals surface area contributed by atoms with Crippen LogP contribution in [0.5, 0.6) is 5.75 Å². The van der Waals surface area contributed by atoms with Gasteiger partial charge in [0.25, 0.3) is 0 Å². The smallest absolute Gasteiger partial charge is 0.250 e.